The summed E-state index contributed by atoms with van der Waals surface area (Å²) in [6.07, 6.45) is 3.95. The molecule has 0 bridgehead atoms. The van der Waals surface area contributed by atoms with Gasteiger partial charge in [-0.15, -0.1) is 0 Å². The summed E-state index contributed by atoms with van der Waals surface area (Å²) in [5.74, 6) is 1.77. The molecule has 0 aromatic carbocycles. The third kappa shape index (κ3) is 1.76. The molecule has 2 aliphatic rings. The van der Waals surface area contributed by atoms with E-state index in [1.54, 1.807) is 0 Å². The third-order valence-corrected chi connectivity index (χ3v) is 3.99. The molecule has 1 N–H and O–H groups in total. The lowest BCUT2D eigenvalue weighted by atomic mass is 10.0. The molecule has 1 aromatic rings. The minimum atomic E-state index is 0.887. The van der Waals surface area contributed by atoms with E-state index in [4.69, 9.17) is 0 Å². The van der Waals surface area contributed by atoms with Crippen LogP contribution in [0.3, 0.4) is 0 Å². The lowest BCUT2D eigenvalue weighted by Gasteiger charge is -2.17. The Balaban J connectivity index is 1.64. The maximum Gasteiger partial charge on any atom is 0.0948 e. The highest BCUT2D eigenvalue weighted by Gasteiger charge is 2.35. The van der Waals surface area contributed by atoms with Gasteiger partial charge in [-0.2, -0.15) is 0 Å². The Morgan fingerprint density at radius 1 is 1.38 bits per heavy atom. The molecule has 2 aliphatic heterocycles. The average Bonchev–Trinajstić information content (AvgIpc) is 2.92. The molecule has 16 heavy (non-hydrogen) atoms. The Morgan fingerprint density at radius 2 is 2.12 bits per heavy atom. The van der Waals surface area contributed by atoms with Gasteiger partial charge in [0.2, 0.25) is 0 Å². The number of hydrogen-bond acceptors (Lipinski definition) is 3. The molecule has 2 atom stereocenters. The van der Waals surface area contributed by atoms with Gasteiger partial charge in [0.25, 0.3) is 0 Å². The molecule has 2 unspecified atom stereocenters. The molecule has 3 heterocycles. The van der Waals surface area contributed by atoms with Crippen molar-refractivity contribution in [1.29, 1.82) is 0 Å². The van der Waals surface area contributed by atoms with Crippen LogP contribution in [0.15, 0.2) is 12.5 Å². The average molecular weight is 220 g/mol. The zero-order valence-corrected chi connectivity index (χ0v) is 9.89. The van der Waals surface area contributed by atoms with Crippen molar-refractivity contribution in [3.8, 4) is 0 Å². The monoisotopic (exact) mass is 220 g/mol. The van der Waals surface area contributed by atoms with Crippen LogP contribution < -0.4 is 5.32 Å². The molecule has 2 fully saturated rings. The van der Waals surface area contributed by atoms with Gasteiger partial charge in [-0.3, -0.25) is 4.90 Å². The van der Waals surface area contributed by atoms with Gasteiger partial charge in [0.05, 0.1) is 12.0 Å². The fraction of sp³-hybridized carbons (Fsp3) is 0.750. The van der Waals surface area contributed by atoms with Crippen molar-refractivity contribution >= 4 is 0 Å². The first kappa shape index (κ1) is 10.3. The fourth-order valence-corrected chi connectivity index (χ4v) is 3.08. The van der Waals surface area contributed by atoms with Gasteiger partial charge < -0.3 is 9.88 Å². The maximum atomic E-state index is 4.23. The van der Waals surface area contributed by atoms with Gasteiger partial charge >= 0.3 is 0 Å². The summed E-state index contributed by atoms with van der Waals surface area (Å²) in [6.45, 7) is 9.22. The summed E-state index contributed by atoms with van der Waals surface area (Å²) in [6, 6.07) is 0. The molecule has 0 amide bonds. The molecule has 88 valence electrons. The Labute approximate surface area is 96.7 Å². The number of imidazole rings is 1. The van der Waals surface area contributed by atoms with Crippen LogP contribution in [0.25, 0.3) is 0 Å². The largest absolute Gasteiger partial charge is 0.334 e. The second-order valence-corrected chi connectivity index (χ2v) is 5.04. The van der Waals surface area contributed by atoms with Crippen LogP contribution in [0.1, 0.15) is 12.6 Å². The molecule has 0 radical (unpaired) electrons. The zero-order valence-electron chi connectivity index (χ0n) is 9.89. The molecule has 4 heteroatoms. The van der Waals surface area contributed by atoms with Crippen molar-refractivity contribution in [2.24, 2.45) is 11.8 Å². The van der Waals surface area contributed by atoms with Crippen molar-refractivity contribution in [2.45, 2.75) is 20.0 Å². The van der Waals surface area contributed by atoms with Crippen LogP contribution in [0.4, 0.5) is 0 Å². The van der Waals surface area contributed by atoms with E-state index in [0.29, 0.717) is 0 Å². The Bertz CT molecular complexity index is 348. The second-order valence-electron chi connectivity index (χ2n) is 5.04. The quantitative estimate of drug-likeness (QED) is 0.808. The Hall–Kier alpha value is -0.870. The van der Waals surface area contributed by atoms with E-state index in [9.17, 15) is 0 Å². The van der Waals surface area contributed by atoms with E-state index in [1.807, 2.05) is 12.5 Å². The summed E-state index contributed by atoms with van der Waals surface area (Å²) in [4.78, 5) is 6.81. The van der Waals surface area contributed by atoms with E-state index in [1.165, 1.54) is 31.9 Å². The number of fused-ring (bicyclic) bond motifs is 1. The van der Waals surface area contributed by atoms with Crippen molar-refractivity contribution in [3.63, 3.8) is 0 Å². The SMILES string of the molecule is CCn1cncc1CN1CC2CNCC2C1. The van der Waals surface area contributed by atoms with Crippen molar-refractivity contribution in [1.82, 2.24) is 19.8 Å². The lowest BCUT2D eigenvalue weighted by Crippen LogP contribution is -2.26. The van der Waals surface area contributed by atoms with E-state index in [0.717, 1.165) is 24.9 Å². The maximum absolute atomic E-state index is 4.23. The van der Waals surface area contributed by atoms with E-state index in [-0.39, 0.29) is 0 Å². The Morgan fingerprint density at radius 3 is 2.81 bits per heavy atom. The van der Waals surface area contributed by atoms with Gasteiger partial charge in [-0.1, -0.05) is 0 Å². The topological polar surface area (TPSA) is 33.1 Å². The number of likely N-dealkylation sites (tertiary alicyclic amines) is 1. The first-order chi connectivity index (χ1) is 7.86. The first-order valence-electron chi connectivity index (χ1n) is 6.29. The lowest BCUT2D eigenvalue weighted by molar-refractivity contribution is 0.297. The van der Waals surface area contributed by atoms with E-state index < -0.39 is 0 Å². The third-order valence-electron chi connectivity index (χ3n) is 3.99. The molecular weight excluding hydrogens is 200 g/mol. The summed E-state index contributed by atoms with van der Waals surface area (Å²) in [5.41, 5.74) is 1.36. The molecule has 0 aliphatic carbocycles. The minimum absolute atomic E-state index is 0.887. The molecule has 3 rings (SSSR count). The van der Waals surface area contributed by atoms with Crippen LogP contribution >= 0.6 is 0 Å². The van der Waals surface area contributed by atoms with Crippen LogP contribution in [0.5, 0.6) is 0 Å². The highest BCUT2D eigenvalue weighted by Crippen LogP contribution is 2.27. The van der Waals surface area contributed by atoms with Crippen LogP contribution in [0.2, 0.25) is 0 Å². The number of rotatable bonds is 3. The predicted molar refractivity (Wildman–Crippen MR) is 63.0 cm³/mol. The normalized spacial score (nSPS) is 29.8. The van der Waals surface area contributed by atoms with Crippen LogP contribution in [0, 0.1) is 11.8 Å². The predicted octanol–water partition coefficient (Wildman–Crippen LogP) is 0.554. The minimum Gasteiger partial charge on any atom is -0.334 e. The van der Waals surface area contributed by atoms with Crippen molar-refractivity contribution in [3.05, 3.63) is 18.2 Å². The summed E-state index contributed by atoms with van der Waals surface area (Å²) in [5, 5.41) is 3.48. The highest BCUT2D eigenvalue weighted by molar-refractivity contribution is 5.00. The van der Waals surface area contributed by atoms with Crippen LogP contribution in [-0.2, 0) is 13.1 Å². The molecule has 0 saturated carbocycles. The van der Waals surface area contributed by atoms with Gasteiger partial charge in [0, 0.05) is 32.4 Å². The second kappa shape index (κ2) is 4.18. The number of nitrogens with zero attached hydrogens (tertiary/aromatic N) is 3. The Kier molecular flexibility index (Phi) is 2.69. The summed E-state index contributed by atoms with van der Waals surface area (Å²) < 4.78 is 2.24. The zero-order chi connectivity index (χ0) is 11.0. The molecular formula is C12H20N4. The summed E-state index contributed by atoms with van der Waals surface area (Å²) in [7, 11) is 0. The van der Waals surface area contributed by atoms with E-state index in [2.05, 4.69) is 26.7 Å². The standard InChI is InChI=1S/C12H20N4/c1-2-16-9-14-5-12(16)8-15-6-10-3-13-4-11(10)7-15/h5,9-11,13H,2-4,6-8H2,1H3. The number of aromatic nitrogens is 2. The van der Waals surface area contributed by atoms with Gasteiger partial charge in [-0.05, 0) is 31.8 Å². The summed E-state index contributed by atoms with van der Waals surface area (Å²) >= 11 is 0. The highest BCUT2D eigenvalue weighted by atomic mass is 15.2. The first-order valence-corrected chi connectivity index (χ1v) is 6.29. The number of nitrogens with one attached hydrogen (secondary N) is 1. The molecule has 2 saturated heterocycles. The molecule has 1 aromatic heterocycles. The van der Waals surface area contributed by atoms with Gasteiger partial charge in [0.15, 0.2) is 0 Å². The van der Waals surface area contributed by atoms with E-state index >= 15 is 0 Å². The number of hydrogen-bond donors (Lipinski definition) is 1. The molecule has 4 nitrogen and oxygen atoms in total. The van der Waals surface area contributed by atoms with Crippen molar-refractivity contribution in [2.75, 3.05) is 26.2 Å². The number of aryl methyl sites for hydroxylation is 1. The van der Waals surface area contributed by atoms with Crippen molar-refractivity contribution < 1.29 is 0 Å². The smallest absolute Gasteiger partial charge is 0.0948 e. The van der Waals surface area contributed by atoms with Gasteiger partial charge in [-0.25, -0.2) is 4.98 Å². The van der Waals surface area contributed by atoms with Crippen LogP contribution in [-0.4, -0.2) is 40.6 Å². The van der Waals surface area contributed by atoms with Gasteiger partial charge in [0.1, 0.15) is 0 Å². The molecule has 0 spiro atoms. The fourth-order valence-electron chi connectivity index (χ4n) is 3.08.